The molecule has 0 unspecified atom stereocenters. The Balaban J connectivity index is 2.40. The maximum atomic E-state index is 11.9. The van der Waals surface area contributed by atoms with Crippen molar-refractivity contribution in [1.29, 1.82) is 0 Å². The van der Waals surface area contributed by atoms with Crippen molar-refractivity contribution in [2.24, 2.45) is 0 Å². The molecule has 1 N–H and O–H groups in total. The average Bonchev–Trinajstić information content (AvgIpc) is 2.39. The minimum absolute atomic E-state index is 0.113. The van der Waals surface area contributed by atoms with Crippen LogP contribution in [0.5, 0.6) is 0 Å². The van der Waals surface area contributed by atoms with Gasteiger partial charge in [0.25, 0.3) is 0 Å². The number of aryl methyl sites for hydroxylation is 1. The van der Waals surface area contributed by atoms with Gasteiger partial charge in [0.1, 0.15) is 0 Å². The number of benzene rings is 1. The molecule has 19 heavy (non-hydrogen) atoms. The lowest BCUT2D eigenvalue weighted by atomic mass is 10.2. The number of thioether (sulfide) groups is 1. The van der Waals surface area contributed by atoms with E-state index in [1.54, 1.807) is 13.8 Å². The Hall–Kier alpha value is -1.49. The maximum Gasteiger partial charge on any atom is 0.315 e. The lowest BCUT2D eigenvalue weighted by molar-refractivity contribution is -0.139. The van der Waals surface area contributed by atoms with E-state index in [2.05, 4.69) is 5.32 Å². The standard InChI is InChI=1S/C14H19NO3S/c1-4-18-13(16)9-19-11(3)14(17)15-12-7-5-10(2)6-8-12/h5-8,11H,4,9H2,1-3H3,(H,15,17)/t11-/m1/s1. The third-order valence-electron chi connectivity index (χ3n) is 2.44. The highest BCUT2D eigenvalue weighted by molar-refractivity contribution is 8.01. The van der Waals surface area contributed by atoms with Crippen molar-refractivity contribution >= 4 is 29.3 Å². The predicted molar refractivity (Wildman–Crippen MR) is 78.4 cm³/mol. The number of esters is 1. The third kappa shape index (κ3) is 5.79. The van der Waals surface area contributed by atoms with E-state index in [-0.39, 0.29) is 22.9 Å². The summed E-state index contributed by atoms with van der Waals surface area (Å²) in [5.41, 5.74) is 1.90. The van der Waals surface area contributed by atoms with E-state index < -0.39 is 0 Å². The quantitative estimate of drug-likeness (QED) is 0.814. The van der Waals surface area contributed by atoms with Crippen molar-refractivity contribution < 1.29 is 14.3 Å². The molecule has 0 fully saturated rings. The Morgan fingerprint density at radius 2 is 1.95 bits per heavy atom. The zero-order valence-electron chi connectivity index (χ0n) is 11.4. The van der Waals surface area contributed by atoms with Crippen LogP contribution in [-0.4, -0.2) is 29.5 Å². The van der Waals surface area contributed by atoms with Gasteiger partial charge in [-0.05, 0) is 32.9 Å². The highest BCUT2D eigenvalue weighted by atomic mass is 32.2. The zero-order valence-corrected chi connectivity index (χ0v) is 12.3. The molecule has 0 aliphatic carbocycles. The summed E-state index contributed by atoms with van der Waals surface area (Å²) in [4.78, 5) is 23.1. The molecule has 0 heterocycles. The van der Waals surface area contributed by atoms with Gasteiger partial charge < -0.3 is 10.1 Å². The third-order valence-corrected chi connectivity index (χ3v) is 3.56. The van der Waals surface area contributed by atoms with E-state index in [9.17, 15) is 9.59 Å². The summed E-state index contributed by atoms with van der Waals surface area (Å²) in [6, 6.07) is 7.59. The minimum atomic E-state index is -0.300. The molecule has 0 spiro atoms. The molecule has 1 aromatic carbocycles. The summed E-state index contributed by atoms with van der Waals surface area (Å²) in [6.07, 6.45) is 0. The average molecular weight is 281 g/mol. The van der Waals surface area contributed by atoms with Crippen LogP contribution >= 0.6 is 11.8 Å². The first-order chi connectivity index (χ1) is 9.02. The molecular formula is C14H19NO3S. The van der Waals surface area contributed by atoms with Crippen molar-refractivity contribution in [3.05, 3.63) is 29.8 Å². The number of nitrogens with one attached hydrogen (secondary N) is 1. The molecule has 1 aromatic rings. The number of hydrogen-bond acceptors (Lipinski definition) is 4. The maximum absolute atomic E-state index is 11.9. The molecule has 0 radical (unpaired) electrons. The molecule has 1 amide bonds. The van der Waals surface area contributed by atoms with Crippen LogP contribution in [0.4, 0.5) is 5.69 Å². The van der Waals surface area contributed by atoms with Crippen LogP contribution in [0.1, 0.15) is 19.4 Å². The molecule has 104 valence electrons. The highest BCUT2D eigenvalue weighted by Crippen LogP contribution is 2.15. The number of ether oxygens (including phenoxy) is 1. The Labute approximate surface area is 117 Å². The summed E-state index contributed by atoms with van der Waals surface area (Å²) in [5, 5.41) is 2.51. The van der Waals surface area contributed by atoms with Crippen LogP contribution in [0, 0.1) is 6.92 Å². The fraction of sp³-hybridized carbons (Fsp3) is 0.429. The highest BCUT2D eigenvalue weighted by Gasteiger charge is 2.15. The van der Waals surface area contributed by atoms with Gasteiger partial charge >= 0.3 is 5.97 Å². The van der Waals surface area contributed by atoms with E-state index >= 15 is 0 Å². The van der Waals surface area contributed by atoms with E-state index in [4.69, 9.17) is 4.74 Å². The van der Waals surface area contributed by atoms with Gasteiger partial charge in [0, 0.05) is 5.69 Å². The van der Waals surface area contributed by atoms with Crippen LogP contribution in [0.15, 0.2) is 24.3 Å². The van der Waals surface area contributed by atoms with Gasteiger partial charge in [-0.25, -0.2) is 0 Å². The first kappa shape index (κ1) is 15.6. The summed E-state index contributed by atoms with van der Waals surface area (Å²) in [6.45, 7) is 5.89. The molecule has 4 nitrogen and oxygen atoms in total. The Morgan fingerprint density at radius 3 is 2.53 bits per heavy atom. The predicted octanol–water partition coefficient (Wildman–Crippen LogP) is 2.62. The van der Waals surface area contributed by atoms with Gasteiger partial charge in [-0.3, -0.25) is 9.59 Å². The van der Waals surface area contributed by atoms with E-state index in [1.807, 2.05) is 31.2 Å². The van der Waals surface area contributed by atoms with E-state index in [0.717, 1.165) is 11.3 Å². The van der Waals surface area contributed by atoms with Crippen molar-refractivity contribution in [2.75, 3.05) is 17.7 Å². The number of hydrogen-bond donors (Lipinski definition) is 1. The van der Waals surface area contributed by atoms with Crippen molar-refractivity contribution in [2.45, 2.75) is 26.0 Å². The summed E-state index contributed by atoms with van der Waals surface area (Å²) >= 11 is 1.27. The monoisotopic (exact) mass is 281 g/mol. The topological polar surface area (TPSA) is 55.4 Å². The van der Waals surface area contributed by atoms with Crippen LogP contribution in [0.2, 0.25) is 0 Å². The summed E-state index contributed by atoms with van der Waals surface area (Å²) in [7, 11) is 0. The lowest BCUT2D eigenvalue weighted by Gasteiger charge is -2.11. The summed E-state index contributed by atoms with van der Waals surface area (Å²) in [5.74, 6) is -0.211. The SMILES string of the molecule is CCOC(=O)CS[C@H](C)C(=O)Nc1ccc(C)cc1. The number of anilines is 1. The fourth-order valence-corrected chi connectivity index (χ4v) is 2.03. The van der Waals surface area contributed by atoms with Gasteiger partial charge in [0.15, 0.2) is 0 Å². The van der Waals surface area contributed by atoms with Gasteiger partial charge in [-0.15, -0.1) is 11.8 Å². The fourth-order valence-electron chi connectivity index (χ4n) is 1.35. The molecule has 0 aromatic heterocycles. The second-order valence-electron chi connectivity index (χ2n) is 4.11. The van der Waals surface area contributed by atoms with E-state index in [0.29, 0.717) is 6.61 Å². The Bertz CT molecular complexity index is 431. The first-order valence-corrected chi connectivity index (χ1v) is 7.22. The van der Waals surface area contributed by atoms with Crippen LogP contribution < -0.4 is 5.32 Å². The second-order valence-corrected chi connectivity index (χ2v) is 5.44. The molecule has 0 aliphatic rings. The molecule has 0 saturated heterocycles. The van der Waals surface area contributed by atoms with Gasteiger partial charge in [0.05, 0.1) is 17.6 Å². The number of carbonyl (C=O) groups excluding carboxylic acids is 2. The van der Waals surface area contributed by atoms with Gasteiger partial charge in [0.2, 0.25) is 5.91 Å². The number of rotatable bonds is 6. The van der Waals surface area contributed by atoms with Crippen LogP contribution in [-0.2, 0) is 14.3 Å². The Kier molecular flexibility index (Phi) is 6.42. The van der Waals surface area contributed by atoms with Gasteiger partial charge in [-0.1, -0.05) is 17.7 Å². The minimum Gasteiger partial charge on any atom is -0.465 e. The molecule has 1 atom stereocenters. The molecular weight excluding hydrogens is 262 g/mol. The molecule has 1 rings (SSSR count). The van der Waals surface area contributed by atoms with Crippen LogP contribution in [0.25, 0.3) is 0 Å². The lowest BCUT2D eigenvalue weighted by Crippen LogP contribution is -2.24. The smallest absolute Gasteiger partial charge is 0.315 e. The second kappa shape index (κ2) is 7.84. The summed E-state index contributed by atoms with van der Waals surface area (Å²) < 4.78 is 4.81. The normalized spacial score (nSPS) is 11.7. The van der Waals surface area contributed by atoms with Gasteiger partial charge in [-0.2, -0.15) is 0 Å². The molecule has 0 saturated carbocycles. The molecule has 0 bridgehead atoms. The first-order valence-electron chi connectivity index (χ1n) is 6.17. The Morgan fingerprint density at radius 1 is 1.32 bits per heavy atom. The van der Waals surface area contributed by atoms with Crippen molar-refractivity contribution in [3.63, 3.8) is 0 Å². The number of amides is 1. The van der Waals surface area contributed by atoms with Crippen LogP contribution in [0.3, 0.4) is 0 Å². The molecule has 0 aliphatic heterocycles. The molecule has 5 heteroatoms. The number of carbonyl (C=O) groups is 2. The van der Waals surface area contributed by atoms with Crippen molar-refractivity contribution in [3.8, 4) is 0 Å². The zero-order chi connectivity index (χ0) is 14.3. The van der Waals surface area contributed by atoms with Crippen molar-refractivity contribution in [1.82, 2.24) is 0 Å². The largest absolute Gasteiger partial charge is 0.465 e. The van der Waals surface area contributed by atoms with E-state index in [1.165, 1.54) is 11.8 Å².